The van der Waals surface area contributed by atoms with Crippen molar-refractivity contribution < 1.29 is 9.84 Å². The summed E-state index contributed by atoms with van der Waals surface area (Å²) in [5.74, 6) is 0.738. The summed E-state index contributed by atoms with van der Waals surface area (Å²) in [6, 6.07) is 13.2. The number of ether oxygens (including phenoxy) is 1. The highest BCUT2D eigenvalue weighted by Gasteiger charge is 2.10. The molecule has 17 heavy (non-hydrogen) atoms. The summed E-state index contributed by atoms with van der Waals surface area (Å²) in [4.78, 5) is 0. The van der Waals surface area contributed by atoms with Gasteiger partial charge in [0.25, 0.3) is 0 Å². The van der Waals surface area contributed by atoms with E-state index in [0.717, 1.165) is 22.4 Å². The number of nitrogen functional groups attached to an aromatic ring is 1. The van der Waals surface area contributed by atoms with Crippen molar-refractivity contribution in [3.63, 3.8) is 0 Å². The molecule has 0 aliphatic carbocycles. The number of hydrogen-bond donors (Lipinski definition) is 2. The Kier molecular flexibility index (Phi) is 3.30. The molecule has 0 aliphatic heterocycles. The lowest BCUT2D eigenvalue weighted by atomic mass is 9.98. The summed E-state index contributed by atoms with van der Waals surface area (Å²) in [5, 5.41) is 9.38. The fourth-order valence-corrected chi connectivity index (χ4v) is 1.90. The van der Waals surface area contributed by atoms with Crippen molar-refractivity contribution in [2.45, 2.75) is 6.61 Å². The van der Waals surface area contributed by atoms with Crippen LogP contribution >= 0.6 is 0 Å². The number of benzene rings is 2. The number of aliphatic hydroxyl groups is 1. The minimum absolute atomic E-state index is 0.0265. The molecule has 0 saturated heterocycles. The third kappa shape index (κ3) is 2.24. The van der Waals surface area contributed by atoms with E-state index in [0.29, 0.717) is 5.69 Å². The molecule has 0 bridgehead atoms. The number of nitrogens with two attached hydrogens (primary N) is 1. The predicted octanol–water partition coefficient (Wildman–Crippen LogP) is 2.44. The molecule has 0 aromatic heterocycles. The summed E-state index contributed by atoms with van der Waals surface area (Å²) in [7, 11) is 1.62. The predicted molar refractivity (Wildman–Crippen MR) is 68.8 cm³/mol. The Bertz CT molecular complexity index is 501. The molecule has 0 amide bonds. The molecule has 0 fully saturated rings. The quantitative estimate of drug-likeness (QED) is 0.795. The zero-order valence-electron chi connectivity index (χ0n) is 9.68. The third-order valence-corrected chi connectivity index (χ3v) is 2.68. The molecule has 0 heterocycles. The van der Waals surface area contributed by atoms with Gasteiger partial charge < -0.3 is 15.6 Å². The van der Waals surface area contributed by atoms with E-state index in [-0.39, 0.29) is 6.61 Å². The molecule has 88 valence electrons. The van der Waals surface area contributed by atoms with E-state index in [1.165, 1.54) is 0 Å². The molecule has 3 heteroatoms. The molecule has 0 radical (unpaired) electrons. The van der Waals surface area contributed by atoms with Gasteiger partial charge in [-0.2, -0.15) is 0 Å². The van der Waals surface area contributed by atoms with E-state index in [1.54, 1.807) is 7.11 Å². The SMILES string of the molecule is COc1cccc(CO)c1-c1cccc(N)c1. The summed E-state index contributed by atoms with van der Waals surface area (Å²) >= 11 is 0. The Labute approximate surface area is 100 Å². The molecule has 2 aromatic rings. The van der Waals surface area contributed by atoms with E-state index in [4.69, 9.17) is 10.5 Å². The molecular weight excluding hydrogens is 214 g/mol. The number of anilines is 1. The maximum Gasteiger partial charge on any atom is 0.127 e. The van der Waals surface area contributed by atoms with Crippen LogP contribution < -0.4 is 10.5 Å². The first-order chi connectivity index (χ1) is 8.26. The number of aliphatic hydroxyl groups excluding tert-OH is 1. The Morgan fingerprint density at radius 1 is 1.18 bits per heavy atom. The van der Waals surface area contributed by atoms with Crippen molar-refractivity contribution in [3.05, 3.63) is 48.0 Å². The molecular formula is C14H15NO2. The van der Waals surface area contributed by atoms with Crippen molar-refractivity contribution in [1.82, 2.24) is 0 Å². The summed E-state index contributed by atoms with van der Waals surface area (Å²) < 4.78 is 5.33. The standard InChI is InChI=1S/C14H15NO2/c1-17-13-7-3-5-11(9-16)14(13)10-4-2-6-12(15)8-10/h2-8,16H,9,15H2,1H3. The number of methoxy groups -OCH3 is 1. The van der Waals surface area contributed by atoms with Gasteiger partial charge in [-0.25, -0.2) is 0 Å². The average molecular weight is 229 g/mol. The lowest BCUT2D eigenvalue weighted by Crippen LogP contribution is -1.95. The van der Waals surface area contributed by atoms with E-state index in [1.807, 2.05) is 42.5 Å². The summed E-state index contributed by atoms with van der Waals surface area (Å²) in [6.45, 7) is -0.0265. The van der Waals surface area contributed by atoms with Gasteiger partial charge in [0, 0.05) is 11.3 Å². The topological polar surface area (TPSA) is 55.5 Å². The Hall–Kier alpha value is -2.00. The first-order valence-corrected chi connectivity index (χ1v) is 5.39. The van der Waals surface area contributed by atoms with Crippen LogP contribution in [0.4, 0.5) is 5.69 Å². The summed E-state index contributed by atoms with van der Waals surface area (Å²) in [6.07, 6.45) is 0. The van der Waals surface area contributed by atoms with Gasteiger partial charge in [0.05, 0.1) is 13.7 Å². The van der Waals surface area contributed by atoms with Crippen LogP contribution in [0.5, 0.6) is 5.75 Å². The Morgan fingerprint density at radius 3 is 2.59 bits per heavy atom. The maximum absolute atomic E-state index is 9.38. The zero-order chi connectivity index (χ0) is 12.3. The largest absolute Gasteiger partial charge is 0.496 e. The molecule has 0 aliphatic rings. The lowest BCUT2D eigenvalue weighted by Gasteiger charge is -2.13. The molecule has 0 spiro atoms. The van der Waals surface area contributed by atoms with Gasteiger partial charge in [0.2, 0.25) is 0 Å². The van der Waals surface area contributed by atoms with Crippen LogP contribution in [-0.2, 0) is 6.61 Å². The van der Waals surface area contributed by atoms with Crippen LogP contribution in [0.1, 0.15) is 5.56 Å². The van der Waals surface area contributed by atoms with Gasteiger partial charge >= 0.3 is 0 Å². The molecule has 2 aromatic carbocycles. The van der Waals surface area contributed by atoms with E-state index in [2.05, 4.69) is 0 Å². The minimum Gasteiger partial charge on any atom is -0.496 e. The number of hydrogen-bond acceptors (Lipinski definition) is 3. The van der Waals surface area contributed by atoms with Gasteiger partial charge in [-0.15, -0.1) is 0 Å². The molecule has 0 unspecified atom stereocenters. The normalized spacial score (nSPS) is 10.2. The first kappa shape index (κ1) is 11.5. The first-order valence-electron chi connectivity index (χ1n) is 5.39. The Morgan fingerprint density at radius 2 is 1.94 bits per heavy atom. The second-order valence-electron chi connectivity index (χ2n) is 3.78. The van der Waals surface area contributed by atoms with Crippen molar-refractivity contribution in [1.29, 1.82) is 0 Å². The summed E-state index contributed by atoms with van der Waals surface area (Å²) in [5.41, 5.74) is 9.14. The highest BCUT2D eigenvalue weighted by Crippen LogP contribution is 2.34. The molecule has 0 atom stereocenters. The maximum atomic E-state index is 9.38. The Balaban J connectivity index is 2.64. The van der Waals surface area contributed by atoms with Gasteiger partial charge in [-0.1, -0.05) is 24.3 Å². The minimum atomic E-state index is -0.0265. The van der Waals surface area contributed by atoms with Crippen LogP contribution in [0.25, 0.3) is 11.1 Å². The second kappa shape index (κ2) is 4.89. The van der Waals surface area contributed by atoms with E-state index < -0.39 is 0 Å². The fraction of sp³-hybridized carbons (Fsp3) is 0.143. The molecule has 0 saturated carbocycles. The van der Waals surface area contributed by atoms with Gasteiger partial charge in [0.1, 0.15) is 5.75 Å². The van der Waals surface area contributed by atoms with Crippen molar-refractivity contribution in [3.8, 4) is 16.9 Å². The average Bonchev–Trinajstić information content (AvgIpc) is 2.37. The molecule has 2 rings (SSSR count). The van der Waals surface area contributed by atoms with Crippen LogP contribution in [0.2, 0.25) is 0 Å². The molecule has 3 N–H and O–H groups in total. The van der Waals surface area contributed by atoms with Crippen molar-refractivity contribution in [2.75, 3.05) is 12.8 Å². The fourth-order valence-electron chi connectivity index (χ4n) is 1.90. The monoisotopic (exact) mass is 229 g/mol. The highest BCUT2D eigenvalue weighted by molar-refractivity contribution is 5.76. The second-order valence-corrected chi connectivity index (χ2v) is 3.78. The van der Waals surface area contributed by atoms with Crippen molar-refractivity contribution in [2.24, 2.45) is 0 Å². The molecule has 3 nitrogen and oxygen atoms in total. The number of rotatable bonds is 3. The smallest absolute Gasteiger partial charge is 0.127 e. The highest BCUT2D eigenvalue weighted by atomic mass is 16.5. The van der Waals surface area contributed by atoms with Crippen LogP contribution in [-0.4, -0.2) is 12.2 Å². The van der Waals surface area contributed by atoms with Crippen LogP contribution in [0.15, 0.2) is 42.5 Å². The van der Waals surface area contributed by atoms with Crippen LogP contribution in [0, 0.1) is 0 Å². The van der Waals surface area contributed by atoms with Crippen LogP contribution in [0.3, 0.4) is 0 Å². The zero-order valence-corrected chi connectivity index (χ0v) is 9.68. The van der Waals surface area contributed by atoms with E-state index in [9.17, 15) is 5.11 Å². The van der Waals surface area contributed by atoms with Gasteiger partial charge in [-0.05, 0) is 29.3 Å². The van der Waals surface area contributed by atoms with E-state index >= 15 is 0 Å². The van der Waals surface area contributed by atoms with Gasteiger partial charge in [-0.3, -0.25) is 0 Å². The van der Waals surface area contributed by atoms with Crippen molar-refractivity contribution >= 4 is 5.69 Å². The lowest BCUT2D eigenvalue weighted by molar-refractivity contribution is 0.281. The van der Waals surface area contributed by atoms with Gasteiger partial charge in [0.15, 0.2) is 0 Å². The third-order valence-electron chi connectivity index (χ3n) is 2.68.